The molecule has 9 heteroatoms. The smallest absolute Gasteiger partial charge is 0.258 e. The first kappa shape index (κ1) is 16.9. The summed E-state index contributed by atoms with van der Waals surface area (Å²) >= 11 is 5.27. The Morgan fingerprint density at radius 1 is 0.741 bits per heavy atom. The lowest BCUT2D eigenvalue weighted by Gasteiger charge is -2.08. The fourth-order valence-corrected chi connectivity index (χ4v) is 7.92. The van der Waals surface area contributed by atoms with Crippen LogP contribution in [0.15, 0.2) is 50.4 Å². The topological polar surface area (TPSA) is 86.3 Å². The number of nitro benzene ring substituents is 2. The summed E-state index contributed by atoms with van der Waals surface area (Å²) in [6.45, 7) is 0. The molecule has 0 atom stereocenters. The molecule has 0 saturated heterocycles. The number of non-ortho nitro benzene ring substituents is 2. The monoisotopic (exact) mass is 414 g/mol. The van der Waals surface area contributed by atoms with Gasteiger partial charge in [0, 0.05) is 51.2 Å². The Morgan fingerprint density at radius 2 is 1.22 bits per heavy atom. The second-order valence-electron chi connectivity index (χ2n) is 6.18. The number of nitrogens with zero attached hydrogens (tertiary/aromatic N) is 2. The van der Waals surface area contributed by atoms with Gasteiger partial charge in [0.2, 0.25) is 0 Å². The highest BCUT2D eigenvalue weighted by atomic mass is 32.2. The number of benzene rings is 2. The molecule has 2 aromatic rings. The summed E-state index contributed by atoms with van der Waals surface area (Å²) in [7, 11) is 0. The van der Waals surface area contributed by atoms with Crippen molar-refractivity contribution in [3.63, 3.8) is 0 Å². The van der Waals surface area contributed by atoms with Crippen molar-refractivity contribution in [2.45, 2.75) is 0 Å². The first-order valence-corrected chi connectivity index (χ1v) is 10.8. The molecule has 3 aliphatic rings. The summed E-state index contributed by atoms with van der Waals surface area (Å²) in [6, 6.07) is 9.63. The predicted octanol–water partition coefficient (Wildman–Crippen LogP) is 5.64. The van der Waals surface area contributed by atoms with Gasteiger partial charge in [0.15, 0.2) is 0 Å². The molecule has 27 heavy (non-hydrogen) atoms. The van der Waals surface area contributed by atoms with Crippen LogP contribution in [-0.2, 0) is 0 Å². The van der Waals surface area contributed by atoms with E-state index in [-0.39, 0.29) is 11.4 Å². The van der Waals surface area contributed by atoms with E-state index in [2.05, 4.69) is 0 Å². The SMILES string of the molecule is O=[N+]([O-])c1ccc2c(c1)C(=C1SC3=C(CSC3)S1)c1cc([N+](=O)[O-])ccc1-2. The first-order valence-electron chi connectivity index (χ1n) is 8.00. The molecule has 0 fully saturated rings. The van der Waals surface area contributed by atoms with Gasteiger partial charge < -0.3 is 0 Å². The van der Waals surface area contributed by atoms with Crippen molar-refractivity contribution >= 4 is 52.2 Å². The number of rotatable bonds is 2. The first-order chi connectivity index (χ1) is 13.0. The maximum Gasteiger partial charge on any atom is 0.270 e. The molecule has 0 bridgehead atoms. The zero-order chi connectivity index (χ0) is 18.7. The van der Waals surface area contributed by atoms with Gasteiger partial charge in [-0.2, -0.15) is 11.8 Å². The van der Waals surface area contributed by atoms with Crippen molar-refractivity contribution in [1.29, 1.82) is 0 Å². The third-order valence-electron chi connectivity index (χ3n) is 4.67. The Labute approximate surface area is 166 Å². The normalized spacial score (nSPS) is 17.2. The van der Waals surface area contributed by atoms with Crippen molar-refractivity contribution in [1.82, 2.24) is 0 Å². The fourth-order valence-electron chi connectivity index (χ4n) is 3.46. The molecule has 0 radical (unpaired) electrons. The van der Waals surface area contributed by atoms with Crippen LogP contribution in [0.5, 0.6) is 0 Å². The molecule has 2 aliphatic heterocycles. The molecule has 5 rings (SSSR count). The lowest BCUT2D eigenvalue weighted by Crippen LogP contribution is -1.91. The van der Waals surface area contributed by atoms with Crippen LogP contribution in [0.25, 0.3) is 16.7 Å². The van der Waals surface area contributed by atoms with Crippen molar-refractivity contribution < 1.29 is 9.85 Å². The van der Waals surface area contributed by atoms with Crippen LogP contribution >= 0.6 is 35.3 Å². The highest BCUT2D eigenvalue weighted by molar-refractivity contribution is 8.30. The average molecular weight is 414 g/mol. The van der Waals surface area contributed by atoms with Gasteiger partial charge in [-0.1, -0.05) is 23.5 Å². The molecule has 0 saturated carbocycles. The lowest BCUT2D eigenvalue weighted by molar-refractivity contribution is -0.385. The van der Waals surface area contributed by atoms with Gasteiger partial charge in [-0.3, -0.25) is 20.2 Å². The van der Waals surface area contributed by atoms with Crippen LogP contribution in [0, 0.1) is 20.2 Å². The molecule has 0 amide bonds. The molecule has 2 heterocycles. The van der Waals surface area contributed by atoms with Gasteiger partial charge in [-0.05, 0) is 34.4 Å². The quantitative estimate of drug-likeness (QED) is 0.396. The minimum Gasteiger partial charge on any atom is -0.258 e. The largest absolute Gasteiger partial charge is 0.270 e. The third kappa shape index (κ3) is 2.60. The van der Waals surface area contributed by atoms with E-state index in [1.807, 2.05) is 11.8 Å². The van der Waals surface area contributed by atoms with Gasteiger partial charge in [-0.25, -0.2) is 0 Å². The number of fused-ring (bicyclic) bond motifs is 3. The Morgan fingerprint density at radius 3 is 1.67 bits per heavy atom. The van der Waals surface area contributed by atoms with E-state index >= 15 is 0 Å². The third-order valence-corrected chi connectivity index (χ3v) is 8.70. The zero-order valence-electron chi connectivity index (χ0n) is 13.6. The van der Waals surface area contributed by atoms with E-state index in [4.69, 9.17) is 0 Å². The van der Waals surface area contributed by atoms with E-state index in [0.29, 0.717) is 0 Å². The highest BCUT2D eigenvalue weighted by Gasteiger charge is 2.34. The summed E-state index contributed by atoms with van der Waals surface area (Å²) < 4.78 is 1.06. The van der Waals surface area contributed by atoms with Crippen molar-refractivity contribution in [2.75, 3.05) is 11.5 Å². The summed E-state index contributed by atoms with van der Waals surface area (Å²) in [5, 5.41) is 22.6. The minimum atomic E-state index is -0.405. The number of hydrogen-bond acceptors (Lipinski definition) is 7. The van der Waals surface area contributed by atoms with Gasteiger partial charge >= 0.3 is 0 Å². The van der Waals surface area contributed by atoms with Crippen molar-refractivity contribution in [3.05, 3.63) is 81.8 Å². The minimum absolute atomic E-state index is 0.0261. The molecular weight excluding hydrogens is 404 g/mol. The molecule has 1 aliphatic carbocycles. The molecule has 2 aromatic carbocycles. The molecule has 0 aromatic heterocycles. The van der Waals surface area contributed by atoms with Crippen molar-refractivity contribution in [3.8, 4) is 11.1 Å². The van der Waals surface area contributed by atoms with E-state index in [9.17, 15) is 20.2 Å². The standard InChI is InChI=1S/C18H10N2O4S3/c21-19(22)9-1-3-11-12-4-2-10(20(23)24)6-14(12)17(13(11)5-9)18-26-15-7-25-8-16(15)27-18/h1-6H,7-8H2. The van der Waals surface area contributed by atoms with E-state index in [1.54, 1.807) is 47.8 Å². The van der Waals surface area contributed by atoms with Crippen molar-refractivity contribution in [2.24, 2.45) is 0 Å². The van der Waals surface area contributed by atoms with Gasteiger partial charge in [0.05, 0.1) is 14.1 Å². The van der Waals surface area contributed by atoms with E-state index < -0.39 is 9.85 Å². The Kier molecular flexibility index (Phi) is 3.85. The molecule has 0 unspecified atom stereocenters. The van der Waals surface area contributed by atoms with Gasteiger partial charge in [0.1, 0.15) is 0 Å². The average Bonchev–Trinajstić information content (AvgIpc) is 3.31. The van der Waals surface area contributed by atoms with Gasteiger partial charge in [-0.15, -0.1) is 0 Å². The number of thioether (sulfide) groups is 3. The molecule has 0 spiro atoms. The molecule has 0 N–H and O–H groups in total. The second-order valence-corrected chi connectivity index (χ2v) is 9.63. The summed E-state index contributed by atoms with van der Waals surface area (Å²) in [5.41, 5.74) is 4.26. The van der Waals surface area contributed by atoms with Crippen LogP contribution in [0.3, 0.4) is 0 Å². The predicted molar refractivity (Wildman–Crippen MR) is 111 cm³/mol. The second kappa shape index (κ2) is 6.15. The molecular formula is C18H10N2O4S3. The summed E-state index contributed by atoms with van der Waals surface area (Å²) in [4.78, 5) is 24.4. The Bertz CT molecular complexity index is 1040. The lowest BCUT2D eigenvalue weighted by atomic mass is 10.1. The van der Waals surface area contributed by atoms with Crippen LogP contribution in [0.1, 0.15) is 11.1 Å². The number of hydrogen-bond donors (Lipinski definition) is 0. The van der Waals surface area contributed by atoms with Gasteiger partial charge in [0.25, 0.3) is 11.4 Å². The van der Waals surface area contributed by atoms with E-state index in [0.717, 1.165) is 43.6 Å². The van der Waals surface area contributed by atoms with Crippen LogP contribution < -0.4 is 0 Å². The molecule has 6 nitrogen and oxygen atoms in total. The Balaban J connectivity index is 1.75. The van der Waals surface area contributed by atoms with Crippen LogP contribution in [0.4, 0.5) is 11.4 Å². The zero-order valence-corrected chi connectivity index (χ0v) is 16.1. The van der Waals surface area contributed by atoms with Crippen LogP contribution in [-0.4, -0.2) is 21.4 Å². The highest BCUT2D eigenvalue weighted by Crippen LogP contribution is 2.60. The fraction of sp³-hybridized carbons (Fsp3) is 0.111. The Hall–Kier alpha value is -2.23. The van der Waals surface area contributed by atoms with Crippen LogP contribution in [0.2, 0.25) is 0 Å². The summed E-state index contributed by atoms with van der Waals surface area (Å²) in [6.07, 6.45) is 0. The van der Waals surface area contributed by atoms with E-state index in [1.165, 1.54) is 21.9 Å². The maximum absolute atomic E-state index is 11.3. The maximum atomic E-state index is 11.3. The number of nitro groups is 2. The summed E-state index contributed by atoms with van der Waals surface area (Å²) in [5.74, 6) is 1.96. The molecule has 134 valence electrons.